The minimum atomic E-state index is 0.564. The molecule has 0 N–H and O–H groups in total. The zero-order valence-corrected chi connectivity index (χ0v) is 17.9. The summed E-state index contributed by atoms with van der Waals surface area (Å²) in [6.45, 7) is 5.05. The van der Waals surface area contributed by atoms with Gasteiger partial charge in [-0.1, -0.05) is 47.7 Å². The number of aryl methyl sites for hydroxylation is 1. The Morgan fingerprint density at radius 2 is 1.68 bits per heavy atom. The first-order chi connectivity index (χ1) is 15.3. The lowest BCUT2D eigenvalue weighted by Crippen LogP contribution is -2.37. The number of para-hydroxylation sites is 1. The molecule has 2 aromatic heterocycles. The van der Waals surface area contributed by atoms with Gasteiger partial charge in [0.05, 0.1) is 30.3 Å². The number of thioether (sulfide) groups is 1. The average Bonchev–Trinajstić information content (AvgIpc) is 3.46. The van der Waals surface area contributed by atoms with E-state index in [-0.39, 0.29) is 0 Å². The monoisotopic (exact) mass is 434 g/mol. The highest BCUT2D eigenvalue weighted by atomic mass is 32.2. The largest absolute Gasteiger partial charge is 0.378 e. The molecule has 0 unspecified atom stereocenters. The molecule has 5 rings (SSSR count). The summed E-state index contributed by atoms with van der Waals surface area (Å²) in [5.74, 6) is 2.15. The third-order valence-corrected chi connectivity index (χ3v) is 5.99. The van der Waals surface area contributed by atoms with Crippen molar-refractivity contribution in [3.8, 4) is 11.4 Å². The van der Waals surface area contributed by atoms with Crippen LogP contribution in [-0.4, -0.2) is 61.3 Å². The zero-order valence-electron chi connectivity index (χ0n) is 17.1. The van der Waals surface area contributed by atoms with Crippen LogP contribution in [0.4, 0.5) is 5.95 Å². The summed E-state index contributed by atoms with van der Waals surface area (Å²) in [4.78, 5) is 2.22. The summed E-state index contributed by atoms with van der Waals surface area (Å²) in [7, 11) is 0. The molecule has 0 aliphatic carbocycles. The predicted octanol–water partition coefficient (Wildman–Crippen LogP) is 2.68. The summed E-state index contributed by atoms with van der Waals surface area (Å²) in [6.07, 6.45) is 0. The first-order valence-electron chi connectivity index (χ1n) is 10.1. The van der Waals surface area contributed by atoms with Crippen LogP contribution in [0.15, 0.2) is 59.8 Å². The Bertz CT molecular complexity index is 1140. The molecule has 0 radical (unpaired) electrons. The molecule has 4 aromatic rings. The van der Waals surface area contributed by atoms with E-state index in [0.29, 0.717) is 19.0 Å². The fourth-order valence-corrected chi connectivity index (χ4v) is 4.29. The van der Waals surface area contributed by atoms with Gasteiger partial charge >= 0.3 is 0 Å². The Kier molecular flexibility index (Phi) is 5.63. The quantitative estimate of drug-likeness (QED) is 0.428. The number of rotatable bonds is 6. The van der Waals surface area contributed by atoms with Crippen molar-refractivity contribution in [3.63, 3.8) is 0 Å². The fourth-order valence-electron chi connectivity index (χ4n) is 3.44. The van der Waals surface area contributed by atoms with Crippen LogP contribution in [0.2, 0.25) is 0 Å². The number of benzene rings is 2. The second kappa shape index (κ2) is 8.86. The van der Waals surface area contributed by atoms with Gasteiger partial charge in [0.2, 0.25) is 5.95 Å². The standard InChI is InChI=1S/C21H22N8OS/c1-16-7-9-17(10-8-16)28-20(27-11-13-30-14-12-27)23-24-21(28)31-15-19-22-25-26-29(19)18-5-3-2-4-6-18/h2-10H,11-15H2,1H3. The highest BCUT2D eigenvalue weighted by Gasteiger charge is 2.22. The summed E-state index contributed by atoms with van der Waals surface area (Å²) in [6, 6.07) is 18.3. The first-order valence-corrected chi connectivity index (χ1v) is 11.1. The topological polar surface area (TPSA) is 86.8 Å². The number of tetrazole rings is 1. The molecule has 0 spiro atoms. The van der Waals surface area contributed by atoms with Gasteiger partial charge in [0.15, 0.2) is 11.0 Å². The molecule has 158 valence electrons. The molecule has 0 atom stereocenters. The summed E-state index contributed by atoms with van der Waals surface area (Å²) in [5.41, 5.74) is 3.17. The minimum Gasteiger partial charge on any atom is -0.378 e. The van der Waals surface area contributed by atoms with Gasteiger partial charge in [-0.3, -0.25) is 4.57 Å². The van der Waals surface area contributed by atoms with Crippen molar-refractivity contribution >= 4 is 17.7 Å². The van der Waals surface area contributed by atoms with E-state index >= 15 is 0 Å². The van der Waals surface area contributed by atoms with E-state index in [4.69, 9.17) is 4.74 Å². The number of hydrogen-bond donors (Lipinski definition) is 0. The lowest BCUT2D eigenvalue weighted by atomic mass is 10.2. The van der Waals surface area contributed by atoms with Crippen molar-refractivity contribution in [2.75, 3.05) is 31.2 Å². The van der Waals surface area contributed by atoms with Crippen molar-refractivity contribution in [2.45, 2.75) is 17.8 Å². The van der Waals surface area contributed by atoms with Gasteiger partial charge in [-0.15, -0.1) is 15.3 Å². The molecule has 10 heteroatoms. The van der Waals surface area contributed by atoms with Crippen LogP contribution in [0.3, 0.4) is 0 Å². The van der Waals surface area contributed by atoms with Crippen LogP contribution in [0.5, 0.6) is 0 Å². The molecular weight excluding hydrogens is 412 g/mol. The summed E-state index contributed by atoms with van der Waals surface area (Å²) < 4.78 is 9.37. The van der Waals surface area contributed by atoms with E-state index in [0.717, 1.165) is 41.4 Å². The van der Waals surface area contributed by atoms with Crippen molar-refractivity contribution in [2.24, 2.45) is 0 Å². The van der Waals surface area contributed by atoms with Gasteiger partial charge in [0, 0.05) is 13.1 Å². The molecule has 31 heavy (non-hydrogen) atoms. The second-order valence-electron chi connectivity index (χ2n) is 7.18. The van der Waals surface area contributed by atoms with E-state index in [1.807, 2.05) is 30.3 Å². The van der Waals surface area contributed by atoms with Gasteiger partial charge in [0.25, 0.3) is 0 Å². The normalized spacial score (nSPS) is 14.2. The third-order valence-electron chi connectivity index (χ3n) is 5.07. The molecule has 9 nitrogen and oxygen atoms in total. The SMILES string of the molecule is Cc1ccc(-n2c(SCc3nnnn3-c3ccccc3)nnc2N2CCOCC2)cc1. The van der Waals surface area contributed by atoms with E-state index in [2.05, 4.69) is 66.4 Å². The molecular formula is C21H22N8OS. The maximum atomic E-state index is 5.51. The smallest absolute Gasteiger partial charge is 0.232 e. The Balaban J connectivity index is 1.45. The van der Waals surface area contributed by atoms with Gasteiger partial charge < -0.3 is 9.64 Å². The molecule has 0 bridgehead atoms. The van der Waals surface area contributed by atoms with Crippen molar-refractivity contribution in [3.05, 3.63) is 66.0 Å². The Morgan fingerprint density at radius 1 is 0.903 bits per heavy atom. The zero-order chi connectivity index (χ0) is 21.0. The average molecular weight is 435 g/mol. The first kappa shape index (κ1) is 19.7. The van der Waals surface area contributed by atoms with Crippen LogP contribution in [0.1, 0.15) is 11.4 Å². The van der Waals surface area contributed by atoms with Crippen LogP contribution in [0.25, 0.3) is 11.4 Å². The second-order valence-corrected chi connectivity index (χ2v) is 8.13. The van der Waals surface area contributed by atoms with Crippen LogP contribution >= 0.6 is 11.8 Å². The van der Waals surface area contributed by atoms with Gasteiger partial charge in [-0.2, -0.15) is 4.68 Å². The van der Waals surface area contributed by atoms with Crippen molar-refractivity contribution in [1.82, 2.24) is 35.0 Å². The van der Waals surface area contributed by atoms with E-state index in [1.54, 1.807) is 16.4 Å². The van der Waals surface area contributed by atoms with Crippen molar-refractivity contribution in [1.29, 1.82) is 0 Å². The maximum Gasteiger partial charge on any atom is 0.232 e. The Hall–Kier alpha value is -3.24. The van der Waals surface area contributed by atoms with E-state index in [1.165, 1.54) is 5.56 Å². The van der Waals surface area contributed by atoms with E-state index < -0.39 is 0 Å². The highest BCUT2D eigenvalue weighted by molar-refractivity contribution is 7.98. The predicted molar refractivity (Wildman–Crippen MR) is 118 cm³/mol. The van der Waals surface area contributed by atoms with Crippen LogP contribution < -0.4 is 4.90 Å². The number of morpholine rings is 1. The molecule has 0 saturated carbocycles. The highest BCUT2D eigenvalue weighted by Crippen LogP contribution is 2.29. The molecule has 0 amide bonds. The number of nitrogens with zero attached hydrogens (tertiary/aromatic N) is 8. The Labute approximate surface area is 184 Å². The number of anilines is 1. The summed E-state index contributed by atoms with van der Waals surface area (Å²) >= 11 is 1.57. The lowest BCUT2D eigenvalue weighted by Gasteiger charge is -2.27. The number of hydrogen-bond acceptors (Lipinski definition) is 8. The minimum absolute atomic E-state index is 0.564. The van der Waals surface area contributed by atoms with Gasteiger partial charge in [-0.05, 0) is 41.6 Å². The third kappa shape index (κ3) is 4.17. The molecule has 2 aromatic carbocycles. The van der Waals surface area contributed by atoms with Gasteiger partial charge in [-0.25, -0.2) is 0 Å². The molecule has 3 heterocycles. The van der Waals surface area contributed by atoms with Crippen LogP contribution in [0, 0.1) is 6.92 Å². The molecule has 1 aliphatic rings. The molecule has 1 fully saturated rings. The van der Waals surface area contributed by atoms with E-state index in [9.17, 15) is 0 Å². The Morgan fingerprint density at radius 3 is 2.45 bits per heavy atom. The molecule has 1 saturated heterocycles. The number of ether oxygens (including phenoxy) is 1. The maximum absolute atomic E-state index is 5.51. The van der Waals surface area contributed by atoms with Crippen molar-refractivity contribution < 1.29 is 4.74 Å². The number of aromatic nitrogens is 7. The molecule has 1 aliphatic heterocycles. The van der Waals surface area contributed by atoms with Crippen LogP contribution in [-0.2, 0) is 10.5 Å². The fraction of sp³-hybridized carbons (Fsp3) is 0.286. The lowest BCUT2D eigenvalue weighted by molar-refractivity contribution is 0.122. The van der Waals surface area contributed by atoms with Gasteiger partial charge in [0.1, 0.15) is 0 Å². The summed E-state index contributed by atoms with van der Waals surface area (Å²) in [5, 5.41) is 22.1.